The Kier molecular flexibility index (Phi) is 5.94. The third-order valence-corrected chi connectivity index (χ3v) is 5.82. The number of aromatic nitrogens is 2. The Morgan fingerprint density at radius 3 is 2.74 bits per heavy atom. The normalized spacial score (nSPS) is 19.7. The van der Waals surface area contributed by atoms with E-state index in [0.717, 1.165) is 23.7 Å². The highest BCUT2D eigenvalue weighted by molar-refractivity contribution is 6.03. The van der Waals surface area contributed by atoms with E-state index < -0.39 is 5.92 Å². The van der Waals surface area contributed by atoms with Crippen LogP contribution >= 0.6 is 0 Å². The van der Waals surface area contributed by atoms with Gasteiger partial charge in [-0.25, -0.2) is 0 Å². The van der Waals surface area contributed by atoms with Crippen molar-refractivity contribution in [3.05, 3.63) is 23.9 Å². The topological polar surface area (TPSA) is 93.5 Å². The van der Waals surface area contributed by atoms with Gasteiger partial charge in [0.15, 0.2) is 0 Å². The molecule has 8 heteroatoms. The Morgan fingerprint density at radius 2 is 2.03 bits per heavy atom. The first-order valence-electron chi connectivity index (χ1n) is 10.7. The fourth-order valence-corrected chi connectivity index (χ4v) is 4.23. The molecule has 4 rings (SSSR count). The number of fused-ring (bicyclic) bond motifs is 1. The second-order valence-electron chi connectivity index (χ2n) is 7.93. The van der Waals surface area contributed by atoms with Gasteiger partial charge in [-0.1, -0.05) is 25.0 Å². The minimum Gasteiger partial charge on any atom is -0.488 e. The van der Waals surface area contributed by atoms with Crippen LogP contribution in [0.3, 0.4) is 0 Å². The van der Waals surface area contributed by atoms with Crippen LogP contribution in [0.5, 0.6) is 5.75 Å². The first-order valence-corrected chi connectivity index (χ1v) is 10.7. The molecule has 0 radical (unpaired) electrons. The lowest BCUT2D eigenvalue weighted by atomic mass is 9.93. The smallest absolute Gasteiger partial charge is 0.298 e. The van der Waals surface area contributed by atoms with Crippen molar-refractivity contribution in [2.45, 2.75) is 51.0 Å². The molecule has 0 spiro atoms. The first-order chi connectivity index (χ1) is 15.0. The van der Waals surface area contributed by atoms with Gasteiger partial charge in [0, 0.05) is 51.2 Å². The number of carbonyl (C=O) groups excluding carboxylic acids is 3. The molecule has 1 unspecified atom stereocenters. The second-order valence-corrected chi connectivity index (χ2v) is 7.93. The number of hydrogen-bond donors (Lipinski definition) is 1. The molecule has 2 fully saturated rings. The second kappa shape index (κ2) is 8.80. The van der Waals surface area contributed by atoms with Crippen molar-refractivity contribution in [1.29, 1.82) is 0 Å². The number of para-hydroxylation sites is 1. The van der Waals surface area contributed by atoms with E-state index in [1.807, 2.05) is 32.2 Å². The van der Waals surface area contributed by atoms with E-state index in [0.29, 0.717) is 43.8 Å². The Bertz CT molecular complexity index is 1090. The SMILES string of the molecule is CCC#CC(=O)N1CCC(Oc2cccc3c(C4CCC(=O)NC4=O)nn(C)c23)CC1. The van der Waals surface area contributed by atoms with Crippen molar-refractivity contribution in [1.82, 2.24) is 20.0 Å². The highest BCUT2D eigenvalue weighted by Crippen LogP contribution is 2.35. The minimum atomic E-state index is -0.449. The minimum absolute atomic E-state index is 0.0114. The van der Waals surface area contributed by atoms with Crippen LogP contribution in [-0.2, 0) is 21.4 Å². The Hall–Kier alpha value is -3.34. The van der Waals surface area contributed by atoms with Gasteiger partial charge in [0.2, 0.25) is 11.8 Å². The van der Waals surface area contributed by atoms with E-state index in [-0.39, 0.29) is 23.8 Å². The van der Waals surface area contributed by atoms with Gasteiger partial charge in [-0.15, -0.1) is 0 Å². The fraction of sp³-hybridized carbons (Fsp3) is 0.478. The van der Waals surface area contributed by atoms with Gasteiger partial charge < -0.3 is 9.64 Å². The summed E-state index contributed by atoms with van der Waals surface area (Å²) >= 11 is 0. The molecule has 1 aromatic heterocycles. The van der Waals surface area contributed by atoms with Crippen LogP contribution in [0.15, 0.2) is 18.2 Å². The summed E-state index contributed by atoms with van der Waals surface area (Å²) in [4.78, 5) is 37.7. The summed E-state index contributed by atoms with van der Waals surface area (Å²) in [5.41, 5.74) is 1.50. The average Bonchev–Trinajstić information content (AvgIpc) is 3.10. The van der Waals surface area contributed by atoms with E-state index in [1.54, 1.807) is 9.58 Å². The maximum absolute atomic E-state index is 12.4. The number of imide groups is 1. The van der Waals surface area contributed by atoms with Crippen LogP contribution in [0, 0.1) is 11.8 Å². The van der Waals surface area contributed by atoms with Gasteiger partial charge in [0.1, 0.15) is 17.4 Å². The summed E-state index contributed by atoms with van der Waals surface area (Å²) in [6.07, 6.45) is 2.88. The number of nitrogens with zero attached hydrogens (tertiary/aromatic N) is 3. The third kappa shape index (κ3) is 4.26. The predicted octanol–water partition coefficient (Wildman–Crippen LogP) is 1.88. The molecule has 3 heterocycles. The zero-order valence-corrected chi connectivity index (χ0v) is 17.8. The van der Waals surface area contributed by atoms with Crippen molar-refractivity contribution in [3.8, 4) is 17.6 Å². The number of amides is 3. The van der Waals surface area contributed by atoms with Crippen molar-refractivity contribution < 1.29 is 19.1 Å². The van der Waals surface area contributed by atoms with Crippen LogP contribution in [0.25, 0.3) is 10.9 Å². The molecule has 1 atom stereocenters. The lowest BCUT2D eigenvalue weighted by molar-refractivity contribution is -0.134. The lowest BCUT2D eigenvalue weighted by Gasteiger charge is -2.31. The predicted molar refractivity (Wildman–Crippen MR) is 114 cm³/mol. The molecule has 2 saturated heterocycles. The number of piperidine rings is 2. The standard InChI is InChI=1S/C23H26N4O4/c1-3-4-8-20(29)27-13-11-15(12-14-27)31-18-7-5-6-16-21(25-26(2)22(16)18)17-9-10-19(28)24-23(17)30/h5-7,15,17H,3,9-14H2,1-2H3,(H,24,28,30). The molecule has 0 aliphatic carbocycles. The van der Waals surface area contributed by atoms with Crippen LogP contribution in [0.1, 0.15) is 50.6 Å². The van der Waals surface area contributed by atoms with Crippen molar-refractivity contribution >= 4 is 28.6 Å². The van der Waals surface area contributed by atoms with Gasteiger partial charge in [0.05, 0.1) is 11.6 Å². The monoisotopic (exact) mass is 422 g/mol. The largest absolute Gasteiger partial charge is 0.488 e. The van der Waals surface area contributed by atoms with E-state index in [4.69, 9.17) is 4.74 Å². The van der Waals surface area contributed by atoms with Crippen LogP contribution in [-0.4, -0.2) is 51.6 Å². The molecule has 8 nitrogen and oxygen atoms in total. The molecule has 2 aliphatic rings. The quantitative estimate of drug-likeness (QED) is 0.602. The summed E-state index contributed by atoms with van der Waals surface area (Å²) in [6, 6.07) is 5.73. The maximum atomic E-state index is 12.4. The van der Waals surface area contributed by atoms with E-state index in [1.165, 1.54) is 0 Å². The highest BCUT2D eigenvalue weighted by atomic mass is 16.5. The van der Waals surface area contributed by atoms with Crippen LogP contribution in [0.4, 0.5) is 0 Å². The maximum Gasteiger partial charge on any atom is 0.298 e. The summed E-state index contributed by atoms with van der Waals surface area (Å²) in [7, 11) is 1.83. The number of aryl methyl sites for hydroxylation is 1. The molecule has 2 aliphatic heterocycles. The molecular formula is C23H26N4O4. The highest BCUT2D eigenvalue weighted by Gasteiger charge is 2.32. The molecular weight excluding hydrogens is 396 g/mol. The van der Waals surface area contributed by atoms with Gasteiger partial charge in [-0.05, 0) is 18.4 Å². The Labute approximate surface area is 180 Å². The summed E-state index contributed by atoms with van der Waals surface area (Å²) < 4.78 is 8.05. The first kappa shape index (κ1) is 20.9. The molecule has 1 N–H and O–H groups in total. The molecule has 0 bridgehead atoms. The lowest BCUT2D eigenvalue weighted by Crippen LogP contribution is -2.41. The molecule has 2 aromatic rings. The molecule has 162 valence electrons. The third-order valence-electron chi connectivity index (χ3n) is 5.82. The fourth-order valence-electron chi connectivity index (χ4n) is 4.23. The molecule has 1 aromatic carbocycles. The van der Waals surface area contributed by atoms with Gasteiger partial charge in [-0.3, -0.25) is 24.4 Å². The van der Waals surface area contributed by atoms with E-state index >= 15 is 0 Å². The molecule has 31 heavy (non-hydrogen) atoms. The van der Waals surface area contributed by atoms with Crippen LogP contribution in [0.2, 0.25) is 0 Å². The van der Waals surface area contributed by atoms with E-state index in [2.05, 4.69) is 22.3 Å². The van der Waals surface area contributed by atoms with E-state index in [9.17, 15) is 14.4 Å². The number of rotatable bonds is 3. The van der Waals surface area contributed by atoms with Crippen molar-refractivity contribution in [3.63, 3.8) is 0 Å². The zero-order valence-electron chi connectivity index (χ0n) is 17.8. The number of benzene rings is 1. The number of likely N-dealkylation sites (tertiary alicyclic amines) is 1. The van der Waals surface area contributed by atoms with Crippen molar-refractivity contribution in [2.24, 2.45) is 7.05 Å². The zero-order chi connectivity index (χ0) is 22.0. The Morgan fingerprint density at radius 1 is 1.26 bits per heavy atom. The number of ether oxygens (including phenoxy) is 1. The number of hydrogen-bond acceptors (Lipinski definition) is 5. The molecule has 0 saturated carbocycles. The number of carbonyl (C=O) groups is 3. The van der Waals surface area contributed by atoms with Gasteiger partial charge >= 0.3 is 0 Å². The van der Waals surface area contributed by atoms with Crippen LogP contribution < -0.4 is 10.1 Å². The van der Waals surface area contributed by atoms with Gasteiger partial charge in [0.25, 0.3) is 5.91 Å². The van der Waals surface area contributed by atoms with Gasteiger partial charge in [-0.2, -0.15) is 5.10 Å². The average molecular weight is 422 g/mol. The summed E-state index contributed by atoms with van der Waals surface area (Å²) in [6.45, 7) is 3.15. The summed E-state index contributed by atoms with van der Waals surface area (Å²) in [5.74, 6) is 5.10. The number of nitrogens with one attached hydrogen (secondary N) is 1. The molecule has 3 amide bonds. The summed E-state index contributed by atoms with van der Waals surface area (Å²) in [5, 5.41) is 7.87. The Balaban J connectivity index is 1.51. The van der Waals surface area contributed by atoms with Crippen molar-refractivity contribution in [2.75, 3.05) is 13.1 Å².